The predicted molar refractivity (Wildman–Crippen MR) is 91.0 cm³/mol. The number of nitrogens with zero attached hydrogens (tertiary/aromatic N) is 2. The van der Waals surface area contributed by atoms with Gasteiger partial charge in [0.2, 0.25) is 0 Å². The zero-order chi connectivity index (χ0) is 17.3. The van der Waals surface area contributed by atoms with Crippen molar-refractivity contribution in [2.24, 2.45) is 0 Å². The molecular formula is C15H9BrN2O5S. The second kappa shape index (κ2) is 6.62. The average Bonchev–Trinajstić information content (AvgIpc) is 3.06. The van der Waals surface area contributed by atoms with E-state index < -0.39 is 16.1 Å². The normalized spacial score (nSPS) is 16.2. The molecule has 0 unspecified atom stereocenters. The highest BCUT2D eigenvalue weighted by atomic mass is 79.9. The molecule has 2 heterocycles. The lowest BCUT2D eigenvalue weighted by atomic mass is 10.2. The summed E-state index contributed by atoms with van der Waals surface area (Å²) in [6.07, 6.45) is 1.49. The maximum atomic E-state index is 12.4. The van der Waals surface area contributed by atoms with Gasteiger partial charge in [0, 0.05) is 18.2 Å². The maximum Gasteiger partial charge on any atom is 0.293 e. The quantitative estimate of drug-likeness (QED) is 0.427. The summed E-state index contributed by atoms with van der Waals surface area (Å²) in [5.41, 5.74) is 0.420. The van der Waals surface area contributed by atoms with E-state index >= 15 is 0 Å². The maximum absolute atomic E-state index is 12.4. The third-order valence-corrected chi connectivity index (χ3v) is 4.54. The number of benzene rings is 1. The van der Waals surface area contributed by atoms with Gasteiger partial charge in [-0.1, -0.05) is 12.1 Å². The second-order valence-corrected chi connectivity index (χ2v) is 6.61. The molecule has 2 aromatic rings. The van der Waals surface area contributed by atoms with Crippen LogP contribution in [0.4, 0.5) is 10.5 Å². The molecule has 0 aliphatic carbocycles. The number of non-ortho nitro benzene ring substituents is 1. The van der Waals surface area contributed by atoms with Gasteiger partial charge >= 0.3 is 0 Å². The first-order valence-corrected chi connectivity index (χ1v) is 8.29. The van der Waals surface area contributed by atoms with E-state index in [0.29, 0.717) is 16.0 Å². The molecule has 1 aliphatic heterocycles. The Bertz CT molecular complexity index is 876. The van der Waals surface area contributed by atoms with Gasteiger partial charge in [0.25, 0.3) is 16.8 Å². The molecule has 1 saturated heterocycles. The van der Waals surface area contributed by atoms with E-state index in [1.165, 1.54) is 24.3 Å². The van der Waals surface area contributed by atoms with Gasteiger partial charge in [-0.05, 0) is 45.4 Å². The van der Waals surface area contributed by atoms with E-state index in [2.05, 4.69) is 15.9 Å². The number of nitro groups is 1. The van der Waals surface area contributed by atoms with Gasteiger partial charge in [-0.15, -0.1) is 0 Å². The number of thioether (sulfide) groups is 1. The summed E-state index contributed by atoms with van der Waals surface area (Å²) in [4.78, 5) is 36.0. The van der Waals surface area contributed by atoms with Crippen molar-refractivity contribution in [2.75, 3.05) is 0 Å². The molecule has 0 radical (unpaired) electrons. The van der Waals surface area contributed by atoms with Crippen molar-refractivity contribution >= 4 is 50.6 Å². The SMILES string of the molecule is O=C1S/C(=C\c2ccc(Br)o2)C(=O)N1Cc1cccc([N+](=O)[O-])c1. The van der Waals surface area contributed by atoms with Crippen LogP contribution in [0.15, 0.2) is 50.4 Å². The Morgan fingerprint density at radius 1 is 1.29 bits per heavy atom. The molecule has 1 aliphatic rings. The van der Waals surface area contributed by atoms with Gasteiger partial charge in [0.05, 0.1) is 16.4 Å². The van der Waals surface area contributed by atoms with Crippen LogP contribution in [0.25, 0.3) is 6.08 Å². The van der Waals surface area contributed by atoms with Gasteiger partial charge < -0.3 is 4.42 Å². The Kier molecular flexibility index (Phi) is 4.54. The highest BCUT2D eigenvalue weighted by Gasteiger charge is 2.35. The molecule has 3 rings (SSSR count). The summed E-state index contributed by atoms with van der Waals surface area (Å²) < 4.78 is 5.81. The largest absolute Gasteiger partial charge is 0.450 e. The van der Waals surface area contributed by atoms with Crippen LogP contribution in [0.2, 0.25) is 0 Å². The number of carbonyl (C=O) groups excluding carboxylic acids is 2. The van der Waals surface area contributed by atoms with Gasteiger partial charge in [-0.25, -0.2) is 0 Å². The standard InChI is InChI=1S/C15H9BrN2O5S/c16-13-5-4-11(23-13)7-12-14(19)17(15(20)24-12)8-9-2-1-3-10(6-9)18(21)22/h1-7H,8H2/b12-7-. The first-order chi connectivity index (χ1) is 11.4. The van der Waals surface area contributed by atoms with E-state index in [4.69, 9.17) is 4.42 Å². The summed E-state index contributed by atoms with van der Waals surface area (Å²) in [7, 11) is 0. The fourth-order valence-electron chi connectivity index (χ4n) is 2.12. The molecule has 7 nitrogen and oxygen atoms in total. The minimum Gasteiger partial charge on any atom is -0.450 e. The molecule has 0 spiro atoms. The van der Waals surface area contributed by atoms with Crippen molar-refractivity contribution in [2.45, 2.75) is 6.54 Å². The predicted octanol–water partition coefficient (Wildman–Crippen LogP) is 4.19. The van der Waals surface area contributed by atoms with Crippen LogP contribution in [0.1, 0.15) is 11.3 Å². The van der Waals surface area contributed by atoms with Crippen LogP contribution >= 0.6 is 27.7 Å². The second-order valence-electron chi connectivity index (χ2n) is 4.84. The molecule has 9 heteroatoms. The molecule has 1 aromatic heterocycles. The zero-order valence-corrected chi connectivity index (χ0v) is 14.4. The molecule has 1 aromatic carbocycles. The number of nitro benzene ring substituents is 1. The summed E-state index contributed by atoms with van der Waals surface area (Å²) in [6.45, 7) is -0.0223. The molecule has 1 fully saturated rings. The van der Waals surface area contributed by atoms with Crippen molar-refractivity contribution < 1.29 is 18.9 Å². The Morgan fingerprint density at radius 2 is 2.08 bits per heavy atom. The van der Waals surface area contributed by atoms with Crippen molar-refractivity contribution in [3.05, 3.63) is 67.4 Å². The van der Waals surface area contributed by atoms with E-state index in [1.807, 2.05) is 0 Å². The van der Waals surface area contributed by atoms with Gasteiger partial charge in [0.15, 0.2) is 4.67 Å². The number of furan rings is 1. The Balaban J connectivity index is 1.81. The van der Waals surface area contributed by atoms with E-state index in [-0.39, 0.29) is 17.1 Å². The number of hydrogen-bond donors (Lipinski definition) is 0. The number of carbonyl (C=O) groups is 2. The third kappa shape index (κ3) is 3.41. The van der Waals surface area contributed by atoms with Gasteiger partial charge in [-0.3, -0.25) is 24.6 Å². The van der Waals surface area contributed by atoms with Gasteiger partial charge in [0.1, 0.15) is 5.76 Å². The lowest BCUT2D eigenvalue weighted by molar-refractivity contribution is -0.384. The minimum absolute atomic E-state index is 0.0223. The number of rotatable bonds is 4. The smallest absolute Gasteiger partial charge is 0.293 e. The topological polar surface area (TPSA) is 93.7 Å². The Morgan fingerprint density at radius 3 is 2.75 bits per heavy atom. The molecule has 0 bridgehead atoms. The van der Waals surface area contributed by atoms with E-state index in [1.54, 1.807) is 18.2 Å². The van der Waals surface area contributed by atoms with Gasteiger partial charge in [-0.2, -0.15) is 0 Å². The molecule has 0 atom stereocenters. The van der Waals surface area contributed by atoms with Crippen molar-refractivity contribution in [1.29, 1.82) is 0 Å². The monoisotopic (exact) mass is 408 g/mol. The molecule has 0 saturated carbocycles. The van der Waals surface area contributed by atoms with Crippen LogP contribution in [-0.2, 0) is 11.3 Å². The van der Waals surface area contributed by atoms with E-state index in [9.17, 15) is 19.7 Å². The fraction of sp³-hybridized carbons (Fsp3) is 0.0667. The first-order valence-electron chi connectivity index (χ1n) is 6.68. The lowest BCUT2D eigenvalue weighted by Gasteiger charge is -2.12. The average molecular weight is 409 g/mol. The Labute approximate surface area is 148 Å². The number of amides is 2. The number of halogens is 1. The first kappa shape index (κ1) is 16.5. The van der Waals surface area contributed by atoms with Crippen molar-refractivity contribution in [3.63, 3.8) is 0 Å². The molecule has 0 N–H and O–H groups in total. The minimum atomic E-state index is -0.522. The fourth-order valence-corrected chi connectivity index (χ4v) is 3.26. The lowest BCUT2D eigenvalue weighted by Crippen LogP contribution is -2.27. The third-order valence-electron chi connectivity index (χ3n) is 3.20. The highest BCUT2D eigenvalue weighted by Crippen LogP contribution is 2.34. The summed E-state index contributed by atoms with van der Waals surface area (Å²) in [5, 5.41) is 10.4. The van der Waals surface area contributed by atoms with Crippen molar-refractivity contribution in [3.8, 4) is 0 Å². The van der Waals surface area contributed by atoms with Crippen LogP contribution in [0, 0.1) is 10.1 Å². The molecule has 122 valence electrons. The van der Waals surface area contributed by atoms with E-state index in [0.717, 1.165) is 16.7 Å². The summed E-state index contributed by atoms with van der Waals surface area (Å²) in [5.74, 6) is -0.00764. The molecule has 24 heavy (non-hydrogen) atoms. The number of imide groups is 1. The Hall–Kier alpha value is -2.39. The van der Waals surface area contributed by atoms with Crippen LogP contribution in [0.5, 0.6) is 0 Å². The molecular weight excluding hydrogens is 400 g/mol. The van der Waals surface area contributed by atoms with Crippen LogP contribution < -0.4 is 0 Å². The number of hydrogen-bond acceptors (Lipinski definition) is 6. The zero-order valence-electron chi connectivity index (χ0n) is 12.0. The van der Waals surface area contributed by atoms with Crippen molar-refractivity contribution in [1.82, 2.24) is 4.90 Å². The highest BCUT2D eigenvalue weighted by molar-refractivity contribution is 9.10. The van der Waals surface area contributed by atoms with Crippen LogP contribution in [0.3, 0.4) is 0 Å². The summed E-state index contributed by atoms with van der Waals surface area (Å²) in [6, 6.07) is 9.19. The van der Waals surface area contributed by atoms with Crippen LogP contribution in [-0.4, -0.2) is 21.0 Å². The molecule has 2 amide bonds. The summed E-state index contributed by atoms with van der Waals surface area (Å²) >= 11 is 3.97.